The van der Waals surface area contributed by atoms with Gasteiger partial charge in [0.05, 0.1) is 5.56 Å². The van der Waals surface area contributed by atoms with E-state index in [2.05, 4.69) is 4.98 Å². The Morgan fingerprint density at radius 2 is 2.23 bits per heavy atom. The van der Waals surface area contributed by atoms with Crippen LogP contribution in [0.15, 0.2) is 6.07 Å². The second-order valence-electron chi connectivity index (χ2n) is 2.35. The lowest BCUT2D eigenvalue weighted by atomic mass is 10.2. The molecule has 0 radical (unpaired) electrons. The lowest BCUT2D eigenvalue weighted by Crippen LogP contribution is -2.02. The highest BCUT2D eigenvalue weighted by molar-refractivity contribution is 14.1. The van der Waals surface area contributed by atoms with Gasteiger partial charge in [-0.05, 0) is 34.2 Å². The molecule has 0 aliphatic heterocycles. The van der Waals surface area contributed by atoms with Crippen molar-refractivity contribution in [2.75, 3.05) is 5.73 Å². The van der Waals surface area contributed by atoms with E-state index in [1.54, 1.807) is 0 Å². The average molecular weight is 318 g/mol. The van der Waals surface area contributed by atoms with Gasteiger partial charge in [-0.25, -0.2) is 13.8 Å². The van der Waals surface area contributed by atoms with Crippen LogP contribution in [0.1, 0.15) is 17.6 Å². The van der Waals surface area contributed by atoms with E-state index < -0.39 is 6.43 Å². The van der Waals surface area contributed by atoms with Crippen LogP contribution in [0.4, 0.5) is 14.6 Å². The number of nitrogens with zero attached hydrogens (tertiary/aromatic N) is 1. The van der Waals surface area contributed by atoms with Crippen LogP contribution in [0.3, 0.4) is 0 Å². The first-order valence-electron chi connectivity index (χ1n) is 3.35. The van der Waals surface area contributed by atoms with Crippen molar-refractivity contribution in [1.29, 1.82) is 0 Å². The molecule has 0 bridgehead atoms. The number of rotatable bonds is 2. The molecule has 0 unspecified atom stereocenters. The average Bonchev–Trinajstić information content (AvgIpc) is 2.03. The van der Waals surface area contributed by atoms with Crippen molar-refractivity contribution < 1.29 is 8.78 Å². The van der Waals surface area contributed by atoms with E-state index >= 15 is 0 Å². The Morgan fingerprint density at radius 1 is 1.62 bits per heavy atom. The van der Waals surface area contributed by atoms with Gasteiger partial charge in [-0.15, -0.1) is 11.6 Å². The van der Waals surface area contributed by atoms with Gasteiger partial charge in [0.15, 0.2) is 0 Å². The Bertz CT molecular complexity index is 320. The number of hydrogen-bond acceptors (Lipinski definition) is 2. The molecule has 2 N–H and O–H groups in total. The standard InChI is InChI=1S/C7H6ClF2IN2/c8-2-3-1-4(5(9)10)7(12)13-6(3)11/h1,5H,2H2,(H2,12,13). The Balaban J connectivity index is 3.22. The number of aromatic nitrogens is 1. The molecule has 1 heterocycles. The van der Waals surface area contributed by atoms with Gasteiger partial charge in [0.1, 0.15) is 9.52 Å². The number of pyridine rings is 1. The third-order valence-electron chi connectivity index (χ3n) is 1.49. The summed E-state index contributed by atoms with van der Waals surface area (Å²) in [7, 11) is 0. The molecule has 0 aliphatic carbocycles. The minimum absolute atomic E-state index is 0.131. The van der Waals surface area contributed by atoms with E-state index in [9.17, 15) is 8.78 Å². The molecule has 0 saturated carbocycles. The first kappa shape index (κ1) is 10.9. The lowest BCUT2D eigenvalue weighted by Gasteiger charge is -2.07. The predicted octanol–water partition coefficient (Wildman–Crippen LogP) is 2.94. The molecule has 0 aliphatic rings. The molecule has 0 amide bonds. The van der Waals surface area contributed by atoms with Crippen molar-refractivity contribution in [3.63, 3.8) is 0 Å². The summed E-state index contributed by atoms with van der Waals surface area (Å²) in [5, 5.41) is 0. The van der Waals surface area contributed by atoms with Gasteiger partial charge in [0.2, 0.25) is 0 Å². The Morgan fingerprint density at radius 3 is 2.69 bits per heavy atom. The number of halogens is 4. The van der Waals surface area contributed by atoms with Gasteiger partial charge in [0, 0.05) is 5.88 Å². The van der Waals surface area contributed by atoms with E-state index in [1.165, 1.54) is 6.07 Å². The largest absolute Gasteiger partial charge is 0.383 e. The van der Waals surface area contributed by atoms with Crippen molar-refractivity contribution in [2.45, 2.75) is 12.3 Å². The highest BCUT2D eigenvalue weighted by Crippen LogP contribution is 2.27. The molecule has 1 rings (SSSR count). The monoisotopic (exact) mass is 318 g/mol. The summed E-state index contributed by atoms with van der Waals surface area (Å²) in [6, 6.07) is 1.29. The highest BCUT2D eigenvalue weighted by Gasteiger charge is 2.15. The fourth-order valence-corrected chi connectivity index (χ4v) is 1.87. The van der Waals surface area contributed by atoms with Gasteiger partial charge in [-0.2, -0.15) is 0 Å². The maximum Gasteiger partial charge on any atom is 0.267 e. The summed E-state index contributed by atoms with van der Waals surface area (Å²) in [5.74, 6) is 0.0268. The van der Waals surface area contributed by atoms with Crippen molar-refractivity contribution in [3.05, 3.63) is 20.9 Å². The molecule has 0 atom stereocenters. The van der Waals surface area contributed by atoms with Crippen molar-refractivity contribution in [2.24, 2.45) is 0 Å². The molecular weight excluding hydrogens is 312 g/mol. The number of hydrogen-bond donors (Lipinski definition) is 1. The quantitative estimate of drug-likeness (QED) is 0.517. The topological polar surface area (TPSA) is 38.9 Å². The Hall–Kier alpha value is -0.170. The Kier molecular flexibility index (Phi) is 3.66. The number of nitrogens with two attached hydrogens (primary N) is 1. The predicted molar refractivity (Wildman–Crippen MR) is 55.9 cm³/mol. The highest BCUT2D eigenvalue weighted by atomic mass is 127. The van der Waals surface area contributed by atoms with Crippen molar-refractivity contribution in [1.82, 2.24) is 4.98 Å². The van der Waals surface area contributed by atoms with Crippen LogP contribution in [0.25, 0.3) is 0 Å². The van der Waals surface area contributed by atoms with Crippen LogP contribution in [0.2, 0.25) is 0 Å². The molecule has 0 aromatic carbocycles. The van der Waals surface area contributed by atoms with Crippen molar-refractivity contribution in [3.8, 4) is 0 Å². The van der Waals surface area contributed by atoms with E-state index in [0.29, 0.717) is 9.26 Å². The van der Waals surface area contributed by atoms with Crippen LogP contribution in [-0.2, 0) is 5.88 Å². The summed E-state index contributed by atoms with van der Waals surface area (Å²) in [4.78, 5) is 3.77. The van der Waals surface area contributed by atoms with E-state index in [0.717, 1.165) is 0 Å². The summed E-state index contributed by atoms with van der Waals surface area (Å²) in [5.41, 5.74) is 5.63. The Labute approximate surface area is 92.6 Å². The minimum atomic E-state index is -2.61. The first-order valence-corrected chi connectivity index (χ1v) is 4.96. The molecule has 6 heteroatoms. The van der Waals surface area contributed by atoms with Crippen LogP contribution >= 0.6 is 34.2 Å². The van der Waals surface area contributed by atoms with E-state index in [-0.39, 0.29) is 17.3 Å². The minimum Gasteiger partial charge on any atom is -0.383 e. The van der Waals surface area contributed by atoms with Gasteiger partial charge >= 0.3 is 0 Å². The summed E-state index contributed by atoms with van der Waals surface area (Å²) >= 11 is 7.44. The second-order valence-corrected chi connectivity index (χ2v) is 3.64. The van der Waals surface area contributed by atoms with Gasteiger partial charge in [-0.1, -0.05) is 0 Å². The molecule has 72 valence electrons. The fourth-order valence-electron chi connectivity index (χ4n) is 0.832. The zero-order valence-electron chi connectivity index (χ0n) is 6.40. The summed E-state index contributed by atoms with van der Waals surface area (Å²) in [6.07, 6.45) is -2.61. The van der Waals surface area contributed by atoms with Gasteiger partial charge < -0.3 is 5.73 Å². The first-order chi connectivity index (χ1) is 6.06. The normalized spacial score (nSPS) is 10.8. The fraction of sp³-hybridized carbons (Fsp3) is 0.286. The number of nitrogen functional groups attached to an aromatic ring is 1. The molecule has 0 fully saturated rings. The van der Waals surface area contributed by atoms with Crippen LogP contribution < -0.4 is 5.73 Å². The summed E-state index contributed by atoms with van der Waals surface area (Å²) in [6.45, 7) is 0. The molecular formula is C7H6ClF2IN2. The lowest BCUT2D eigenvalue weighted by molar-refractivity contribution is 0.152. The smallest absolute Gasteiger partial charge is 0.267 e. The van der Waals surface area contributed by atoms with Gasteiger partial charge in [0.25, 0.3) is 6.43 Å². The summed E-state index contributed by atoms with van der Waals surface area (Å²) < 4.78 is 25.2. The maximum atomic E-state index is 12.3. The number of alkyl halides is 3. The second kappa shape index (κ2) is 4.36. The third kappa shape index (κ3) is 2.40. The zero-order chi connectivity index (χ0) is 10.0. The third-order valence-corrected chi connectivity index (χ3v) is 2.71. The number of anilines is 1. The SMILES string of the molecule is Nc1nc(I)c(CCl)cc1C(F)F. The van der Waals surface area contributed by atoms with E-state index in [1.807, 2.05) is 22.6 Å². The molecule has 13 heavy (non-hydrogen) atoms. The van der Waals surface area contributed by atoms with E-state index in [4.69, 9.17) is 17.3 Å². The van der Waals surface area contributed by atoms with Gasteiger partial charge in [-0.3, -0.25) is 0 Å². The zero-order valence-corrected chi connectivity index (χ0v) is 9.31. The van der Waals surface area contributed by atoms with Crippen molar-refractivity contribution >= 4 is 40.0 Å². The molecule has 0 saturated heterocycles. The molecule has 1 aromatic rings. The maximum absolute atomic E-state index is 12.3. The molecule has 0 spiro atoms. The van der Waals surface area contributed by atoms with Crippen LogP contribution in [0.5, 0.6) is 0 Å². The van der Waals surface area contributed by atoms with Crippen LogP contribution in [-0.4, -0.2) is 4.98 Å². The van der Waals surface area contributed by atoms with Crippen LogP contribution in [0, 0.1) is 3.70 Å². The molecule has 1 aromatic heterocycles. The molecule has 2 nitrogen and oxygen atoms in total.